The van der Waals surface area contributed by atoms with Gasteiger partial charge in [-0.25, -0.2) is 17.8 Å². The van der Waals surface area contributed by atoms with E-state index < -0.39 is 15.8 Å². The minimum Gasteiger partial charge on any atom is -0.383 e. The first kappa shape index (κ1) is 29.1. The van der Waals surface area contributed by atoms with Crippen molar-refractivity contribution in [3.63, 3.8) is 0 Å². The summed E-state index contributed by atoms with van der Waals surface area (Å²) in [6, 6.07) is 10.9. The second-order valence-corrected chi connectivity index (χ2v) is 13.6. The van der Waals surface area contributed by atoms with Crippen LogP contribution in [0.3, 0.4) is 0 Å². The number of rotatable bonds is 6. The molecule has 2 fully saturated rings. The predicted molar refractivity (Wildman–Crippen MR) is 165 cm³/mol. The molecule has 0 bridgehead atoms. The summed E-state index contributed by atoms with van der Waals surface area (Å²) in [5, 5.41) is 5.82. The van der Waals surface area contributed by atoms with Gasteiger partial charge < -0.3 is 10.6 Å². The van der Waals surface area contributed by atoms with Crippen molar-refractivity contribution in [1.82, 2.24) is 24.6 Å². The molecule has 1 saturated heterocycles. The standard InChI is InChI=1S/C29H32Cl2FN7O2S/c1-37-12-14-38(15-13-37)20-4-6-21(7-5-20)39-25-10-11-34-29(33)27(25)28(35-39)18-2-8-24(23(32)16-18)36-42(40,41)26-9-3-19(30)17-22(26)31/h2-3,8-11,16-17,20-21,36H,4-7,12-15H2,1H3,(H2,33,34). The summed E-state index contributed by atoms with van der Waals surface area (Å²) in [6.45, 7) is 4.41. The Morgan fingerprint density at radius 1 is 0.976 bits per heavy atom. The van der Waals surface area contributed by atoms with E-state index in [1.54, 1.807) is 12.3 Å². The largest absolute Gasteiger partial charge is 0.383 e. The van der Waals surface area contributed by atoms with E-state index >= 15 is 4.39 Å². The van der Waals surface area contributed by atoms with E-state index in [2.05, 4.69) is 26.6 Å². The lowest BCUT2D eigenvalue weighted by Crippen LogP contribution is -2.49. The Bertz CT molecular complexity index is 1730. The van der Waals surface area contributed by atoms with Gasteiger partial charge in [-0.15, -0.1) is 0 Å². The number of hydrogen-bond donors (Lipinski definition) is 2. The molecule has 0 spiro atoms. The zero-order chi connectivity index (χ0) is 29.6. The Hall–Kier alpha value is -2.96. The predicted octanol–water partition coefficient (Wildman–Crippen LogP) is 5.66. The van der Waals surface area contributed by atoms with Gasteiger partial charge in [0.05, 0.1) is 27.7 Å². The Morgan fingerprint density at radius 2 is 1.69 bits per heavy atom. The number of nitrogen functional groups attached to an aromatic ring is 1. The number of hydrogen-bond acceptors (Lipinski definition) is 7. The first-order valence-electron chi connectivity index (χ1n) is 13.9. The van der Waals surface area contributed by atoms with E-state index in [9.17, 15) is 8.42 Å². The normalized spacial score (nSPS) is 20.7. The van der Waals surface area contributed by atoms with Crippen LogP contribution in [0.2, 0.25) is 10.0 Å². The van der Waals surface area contributed by atoms with Crippen LogP contribution in [0.1, 0.15) is 31.7 Å². The van der Waals surface area contributed by atoms with Crippen LogP contribution in [-0.2, 0) is 10.0 Å². The molecule has 3 heterocycles. The number of aromatic nitrogens is 3. The fourth-order valence-electron chi connectivity index (χ4n) is 6.09. The summed E-state index contributed by atoms with van der Waals surface area (Å²) in [6.07, 6.45) is 5.81. The maximum atomic E-state index is 15.4. The van der Waals surface area contributed by atoms with Gasteiger partial charge in [0.15, 0.2) is 0 Å². The molecule has 0 atom stereocenters. The van der Waals surface area contributed by atoms with Crippen LogP contribution in [-0.4, -0.2) is 72.3 Å². The lowest BCUT2D eigenvalue weighted by atomic mass is 9.89. The summed E-state index contributed by atoms with van der Waals surface area (Å²) in [5.41, 5.74) is 7.93. The molecular formula is C29H32Cl2FN7O2S. The molecule has 13 heteroatoms. The number of fused-ring (bicyclic) bond motifs is 1. The summed E-state index contributed by atoms with van der Waals surface area (Å²) in [7, 11) is -1.99. The lowest BCUT2D eigenvalue weighted by Gasteiger charge is -2.41. The highest BCUT2D eigenvalue weighted by Crippen LogP contribution is 2.38. The van der Waals surface area contributed by atoms with E-state index in [4.69, 9.17) is 34.0 Å². The number of nitrogens with one attached hydrogen (secondary N) is 1. The zero-order valence-electron chi connectivity index (χ0n) is 23.1. The first-order chi connectivity index (χ1) is 20.1. The quantitative estimate of drug-likeness (QED) is 0.283. The van der Waals surface area contributed by atoms with E-state index in [-0.39, 0.29) is 26.7 Å². The number of sulfonamides is 1. The van der Waals surface area contributed by atoms with Crippen LogP contribution in [0.5, 0.6) is 0 Å². The molecule has 2 aliphatic rings. The van der Waals surface area contributed by atoms with Crippen molar-refractivity contribution < 1.29 is 12.8 Å². The van der Waals surface area contributed by atoms with Crippen LogP contribution >= 0.6 is 23.2 Å². The second kappa shape index (κ2) is 11.6. The smallest absolute Gasteiger partial charge is 0.263 e. The van der Waals surface area contributed by atoms with Crippen molar-refractivity contribution in [3.05, 3.63) is 64.5 Å². The van der Waals surface area contributed by atoms with E-state index in [0.29, 0.717) is 28.5 Å². The van der Waals surface area contributed by atoms with Gasteiger partial charge in [-0.2, -0.15) is 5.10 Å². The van der Waals surface area contributed by atoms with Crippen molar-refractivity contribution in [2.45, 2.75) is 42.7 Å². The molecule has 1 saturated carbocycles. The minimum atomic E-state index is -4.16. The van der Waals surface area contributed by atoms with Gasteiger partial charge in [-0.1, -0.05) is 29.3 Å². The minimum absolute atomic E-state index is 0.0652. The molecule has 0 radical (unpaired) electrons. The summed E-state index contributed by atoms with van der Waals surface area (Å²) in [4.78, 5) is 9.06. The number of likely N-dealkylation sites (N-methyl/N-ethyl adjacent to an activating group) is 1. The molecule has 0 unspecified atom stereocenters. The number of nitrogens with two attached hydrogens (primary N) is 1. The molecule has 2 aromatic heterocycles. The van der Waals surface area contributed by atoms with Gasteiger partial charge in [0.1, 0.15) is 22.2 Å². The summed E-state index contributed by atoms with van der Waals surface area (Å²) in [5.74, 6) is -0.457. The van der Waals surface area contributed by atoms with Crippen LogP contribution in [0.25, 0.3) is 22.2 Å². The number of pyridine rings is 1. The lowest BCUT2D eigenvalue weighted by molar-refractivity contribution is 0.0816. The van der Waals surface area contributed by atoms with E-state index in [0.717, 1.165) is 57.4 Å². The Balaban J connectivity index is 1.26. The summed E-state index contributed by atoms with van der Waals surface area (Å²) < 4.78 is 45.5. The number of nitrogens with zero attached hydrogens (tertiary/aromatic N) is 5. The highest BCUT2D eigenvalue weighted by atomic mass is 35.5. The van der Waals surface area contributed by atoms with Gasteiger partial charge in [0.25, 0.3) is 10.0 Å². The molecule has 222 valence electrons. The maximum Gasteiger partial charge on any atom is 0.263 e. The molecule has 42 heavy (non-hydrogen) atoms. The average Bonchev–Trinajstić information content (AvgIpc) is 3.35. The monoisotopic (exact) mass is 631 g/mol. The Labute approximate surface area is 254 Å². The maximum absolute atomic E-state index is 15.4. The zero-order valence-corrected chi connectivity index (χ0v) is 25.4. The van der Waals surface area contributed by atoms with Crippen molar-refractivity contribution in [2.24, 2.45) is 0 Å². The number of piperazine rings is 1. The van der Waals surface area contributed by atoms with Gasteiger partial charge >= 0.3 is 0 Å². The fourth-order valence-corrected chi connectivity index (χ4v) is 7.93. The molecular weight excluding hydrogens is 600 g/mol. The van der Waals surface area contributed by atoms with Crippen molar-refractivity contribution in [3.8, 4) is 11.3 Å². The van der Waals surface area contributed by atoms with Crippen LogP contribution in [0.15, 0.2) is 53.6 Å². The van der Waals surface area contributed by atoms with Gasteiger partial charge in [-0.3, -0.25) is 14.3 Å². The van der Waals surface area contributed by atoms with Crippen LogP contribution < -0.4 is 10.5 Å². The second-order valence-electron chi connectivity index (χ2n) is 11.1. The SMILES string of the molecule is CN1CCN(C2CCC(n3nc(-c4ccc(NS(=O)(=O)c5ccc(Cl)cc5Cl)c(F)c4)c4c(N)nccc43)CC2)CC1. The number of anilines is 2. The third-order valence-electron chi connectivity index (χ3n) is 8.39. The van der Waals surface area contributed by atoms with E-state index in [1.165, 1.54) is 30.3 Å². The van der Waals surface area contributed by atoms with Crippen LogP contribution in [0.4, 0.5) is 15.9 Å². The third kappa shape index (κ3) is 5.68. The molecule has 1 aliphatic carbocycles. The van der Waals surface area contributed by atoms with E-state index in [1.807, 2.05) is 10.7 Å². The van der Waals surface area contributed by atoms with Crippen molar-refractivity contribution >= 4 is 55.6 Å². The van der Waals surface area contributed by atoms with Crippen LogP contribution in [0, 0.1) is 5.82 Å². The van der Waals surface area contributed by atoms with Crippen molar-refractivity contribution in [1.29, 1.82) is 0 Å². The van der Waals surface area contributed by atoms with Crippen molar-refractivity contribution in [2.75, 3.05) is 43.7 Å². The Morgan fingerprint density at radius 3 is 2.38 bits per heavy atom. The molecule has 3 N–H and O–H groups in total. The van der Waals surface area contributed by atoms with Gasteiger partial charge in [-0.05, 0) is 69.1 Å². The molecule has 2 aromatic carbocycles. The summed E-state index contributed by atoms with van der Waals surface area (Å²) >= 11 is 12.0. The molecule has 9 nitrogen and oxygen atoms in total. The first-order valence-corrected chi connectivity index (χ1v) is 16.2. The highest BCUT2D eigenvalue weighted by molar-refractivity contribution is 7.92. The average molecular weight is 633 g/mol. The topological polar surface area (TPSA) is 109 Å². The fraction of sp³-hybridized carbons (Fsp3) is 0.379. The molecule has 4 aromatic rings. The van der Waals surface area contributed by atoms with Gasteiger partial charge in [0, 0.05) is 49.0 Å². The third-order valence-corrected chi connectivity index (χ3v) is 10.5. The van der Waals surface area contributed by atoms with Gasteiger partial charge in [0.2, 0.25) is 0 Å². The molecule has 6 rings (SSSR count). The Kier molecular flexibility index (Phi) is 8.05. The molecule has 0 amide bonds. The number of benzene rings is 2. The number of halogens is 3. The highest BCUT2D eigenvalue weighted by Gasteiger charge is 2.30. The molecule has 1 aliphatic heterocycles.